The monoisotopic (exact) mass is 330 g/mol. The average Bonchev–Trinajstić information content (AvgIpc) is 2.43. The minimum absolute atomic E-state index is 0.0400. The van der Waals surface area contributed by atoms with Crippen LogP contribution in [0.1, 0.15) is 19.4 Å². The highest BCUT2D eigenvalue weighted by Gasteiger charge is 2.23. The molecule has 0 fully saturated rings. The molecule has 1 rings (SSSR count). The molecule has 1 aromatic carbocycles. The van der Waals surface area contributed by atoms with Gasteiger partial charge in [0, 0.05) is 16.9 Å². The predicted octanol–water partition coefficient (Wildman–Crippen LogP) is 1.56. The van der Waals surface area contributed by atoms with Crippen molar-refractivity contribution in [3.8, 4) is 11.8 Å². The Morgan fingerprint density at radius 2 is 2.10 bits per heavy atom. The van der Waals surface area contributed by atoms with E-state index in [2.05, 4.69) is 16.6 Å². The van der Waals surface area contributed by atoms with Crippen molar-refractivity contribution in [3.63, 3.8) is 0 Å². The van der Waals surface area contributed by atoms with Crippen molar-refractivity contribution < 1.29 is 12.8 Å². The summed E-state index contributed by atoms with van der Waals surface area (Å²) in [5.41, 5.74) is 5.38. The van der Waals surface area contributed by atoms with Crippen LogP contribution in [0.5, 0.6) is 0 Å². The molecule has 0 saturated heterocycles. The van der Waals surface area contributed by atoms with Gasteiger partial charge in [0.25, 0.3) is 0 Å². The molecule has 0 unspecified atom stereocenters. The van der Waals surface area contributed by atoms with E-state index in [1.165, 1.54) is 6.07 Å². The van der Waals surface area contributed by atoms with Crippen molar-refractivity contribution in [3.05, 3.63) is 29.6 Å². The molecule has 3 N–H and O–H groups in total. The van der Waals surface area contributed by atoms with E-state index in [-0.39, 0.29) is 28.3 Å². The summed E-state index contributed by atoms with van der Waals surface area (Å²) in [6, 6.07) is 3.41. The predicted molar refractivity (Wildman–Crippen MR) is 85.1 cm³/mol. The van der Waals surface area contributed by atoms with Gasteiger partial charge in [-0.25, -0.2) is 17.5 Å². The fourth-order valence-electron chi connectivity index (χ4n) is 1.40. The summed E-state index contributed by atoms with van der Waals surface area (Å²) in [6.07, 6.45) is 1.91. The quantitative estimate of drug-likeness (QED) is 0.804. The van der Waals surface area contributed by atoms with Gasteiger partial charge in [-0.05, 0) is 38.3 Å². The first kappa shape index (κ1) is 18.0. The van der Waals surface area contributed by atoms with E-state index >= 15 is 0 Å². The fraction of sp³-hybridized carbons (Fsp3) is 0.429. The zero-order valence-corrected chi connectivity index (χ0v) is 13.9. The molecule has 0 atom stereocenters. The number of rotatable bonds is 5. The first-order chi connectivity index (χ1) is 9.72. The van der Waals surface area contributed by atoms with Gasteiger partial charge in [0.05, 0.1) is 11.4 Å². The van der Waals surface area contributed by atoms with Crippen molar-refractivity contribution in [1.29, 1.82) is 0 Å². The summed E-state index contributed by atoms with van der Waals surface area (Å²) in [5, 5.41) is 0. The highest BCUT2D eigenvalue weighted by Crippen LogP contribution is 2.22. The molecular formula is C14H19FN2O2S2. The number of benzene rings is 1. The highest BCUT2D eigenvalue weighted by atomic mass is 32.2. The Bertz CT molecular complexity index is 661. The average molecular weight is 330 g/mol. The van der Waals surface area contributed by atoms with Crippen LogP contribution >= 0.6 is 11.8 Å². The number of halogens is 1. The van der Waals surface area contributed by atoms with E-state index in [0.29, 0.717) is 0 Å². The normalized spacial score (nSPS) is 11.9. The van der Waals surface area contributed by atoms with Crippen molar-refractivity contribution >= 4 is 21.8 Å². The lowest BCUT2D eigenvalue weighted by molar-refractivity contribution is 0.569. The second-order valence-corrected chi connectivity index (χ2v) is 8.18. The van der Waals surface area contributed by atoms with Crippen LogP contribution in [-0.2, 0) is 10.0 Å². The Balaban J connectivity index is 3.14. The number of thioether (sulfide) groups is 1. The van der Waals surface area contributed by atoms with E-state index in [1.807, 2.05) is 20.1 Å². The number of sulfonamides is 1. The molecule has 0 aromatic heterocycles. The van der Waals surface area contributed by atoms with Crippen molar-refractivity contribution in [2.45, 2.75) is 23.5 Å². The third kappa shape index (κ3) is 5.32. The van der Waals surface area contributed by atoms with Gasteiger partial charge < -0.3 is 5.73 Å². The number of hydrogen-bond donors (Lipinski definition) is 2. The molecule has 0 aliphatic rings. The Hall–Kier alpha value is -1.07. The number of nitrogens with one attached hydrogen (secondary N) is 1. The SMILES string of the molecule is CSC(C)(C)CNS(=O)(=O)c1ccc(F)cc1C#CCN. The van der Waals surface area contributed by atoms with Gasteiger partial charge in [-0.15, -0.1) is 0 Å². The number of nitrogens with two attached hydrogens (primary N) is 1. The minimum atomic E-state index is -3.75. The standard InChI is InChI=1S/C14H19FN2O2S2/c1-14(2,20-3)10-17-21(18,19)13-7-6-12(15)9-11(13)5-4-8-16/h6-7,9,17H,8,10,16H2,1-3H3. The molecule has 0 saturated carbocycles. The van der Waals surface area contributed by atoms with E-state index in [4.69, 9.17) is 5.73 Å². The topological polar surface area (TPSA) is 72.2 Å². The summed E-state index contributed by atoms with van der Waals surface area (Å²) >= 11 is 1.55. The molecule has 0 bridgehead atoms. The Labute approximate surface area is 129 Å². The molecule has 0 spiro atoms. The van der Waals surface area contributed by atoms with Crippen LogP contribution in [0.3, 0.4) is 0 Å². The molecule has 0 aliphatic carbocycles. The van der Waals surface area contributed by atoms with Gasteiger partial charge in [-0.2, -0.15) is 11.8 Å². The van der Waals surface area contributed by atoms with Gasteiger partial charge in [-0.3, -0.25) is 0 Å². The van der Waals surface area contributed by atoms with Crippen LogP contribution in [0.4, 0.5) is 4.39 Å². The van der Waals surface area contributed by atoms with E-state index < -0.39 is 15.8 Å². The van der Waals surface area contributed by atoms with Crippen LogP contribution in [0.15, 0.2) is 23.1 Å². The van der Waals surface area contributed by atoms with E-state index in [1.54, 1.807) is 11.8 Å². The van der Waals surface area contributed by atoms with Crippen molar-refractivity contribution in [2.24, 2.45) is 5.73 Å². The zero-order valence-electron chi connectivity index (χ0n) is 12.2. The number of hydrogen-bond acceptors (Lipinski definition) is 4. The molecule has 1 aromatic rings. The summed E-state index contributed by atoms with van der Waals surface area (Å²) in [6.45, 7) is 4.19. The van der Waals surface area contributed by atoms with Gasteiger partial charge in [0.1, 0.15) is 5.82 Å². The van der Waals surface area contributed by atoms with Gasteiger partial charge in [0.15, 0.2) is 0 Å². The van der Waals surface area contributed by atoms with Crippen molar-refractivity contribution in [1.82, 2.24) is 4.72 Å². The molecule has 0 radical (unpaired) electrons. The lowest BCUT2D eigenvalue weighted by Gasteiger charge is -2.22. The molecular weight excluding hydrogens is 311 g/mol. The molecule has 4 nitrogen and oxygen atoms in total. The van der Waals surface area contributed by atoms with Gasteiger partial charge in [-0.1, -0.05) is 11.8 Å². The summed E-state index contributed by atoms with van der Waals surface area (Å²) < 4.78 is 40.3. The Kier molecular flexibility index (Phi) is 6.23. The maximum atomic E-state index is 13.3. The first-order valence-electron chi connectivity index (χ1n) is 6.25. The molecule has 116 valence electrons. The molecule has 0 amide bonds. The smallest absolute Gasteiger partial charge is 0.241 e. The Morgan fingerprint density at radius 1 is 1.43 bits per heavy atom. The lowest BCUT2D eigenvalue weighted by Crippen LogP contribution is -2.36. The minimum Gasteiger partial charge on any atom is -0.320 e. The Morgan fingerprint density at radius 3 is 2.67 bits per heavy atom. The van der Waals surface area contributed by atoms with Crippen LogP contribution in [-0.4, -0.2) is 32.5 Å². The highest BCUT2D eigenvalue weighted by molar-refractivity contribution is 8.00. The van der Waals surface area contributed by atoms with Crippen LogP contribution < -0.4 is 10.5 Å². The molecule has 21 heavy (non-hydrogen) atoms. The zero-order chi connectivity index (χ0) is 16.1. The summed E-state index contributed by atoms with van der Waals surface area (Å²) in [5.74, 6) is 4.59. The largest absolute Gasteiger partial charge is 0.320 e. The maximum absolute atomic E-state index is 13.3. The van der Waals surface area contributed by atoms with Crippen molar-refractivity contribution in [2.75, 3.05) is 19.3 Å². The fourth-order valence-corrected chi connectivity index (χ4v) is 3.06. The molecule has 0 aliphatic heterocycles. The van der Waals surface area contributed by atoms with Gasteiger partial charge in [0.2, 0.25) is 10.0 Å². The second kappa shape index (κ2) is 7.27. The maximum Gasteiger partial charge on any atom is 0.241 e. The van der Waals surface area contributed by atoms with E-state index in [9.17, 15) is 12.8 Å². The van der Waals surface area contributed by atoms with Crippen LogP contribution in [0.25, 0.3) is 0 Å². The third-order valence-corrected chi connectivity index (χ3v) is 5.51. The summed E-state index contributed by atoms with van der Waals surface area (Å²) in [7, 11) is -3.75. The van der Waals surface area contributed by atoms with Gasteiger partial charge >= 0.3 is 0 Å². The van der Waals surface area contributed by atoms with Crippen LogP contribution in [0.2, 0.25) is 0 Å². The third-order valence-electron chi connectivity index (χ3n) is 2.80. The molecule has 7 heteroatoms. The molecule has 0 heterocycles. The first-order valence-corrected chi connectivity index (χ1v) is 8.96. The second-order valence-electron chi connectivity index (χ2n) is 4.93. The lowest BCUT2D eigenvalue weighted by atomic mass is 10.2. The van der Waals surface area contributed by atoms with Crippen LogP contribution in [0, 0.1) is 17.7 Å². The summed E-state index contributed by atoms with van der Waals surface area (Å²) in [4.78, 5) is -0.0400. The van der Waals surface area contributed by atoms with E-state index in [0.717, 1.165) is 12.1 Å².